The predicted molar refractivity (Wildman–Crippen MR) is 64.3 cm³/mol. The van der Waals surface area contributed by atoms with E-state index in [2.05, 4.69) is 25.5 Å². The molecule has 0 aromatic carbocycles. The van der Waals surface area contributed by atoms with Gasteiger partial charge in [-0.3, -0.25) is 10.1 Å². The summed E-state index contributed by atoms with van der Waals surface area (Å²) in [5, 5.41) is 8.82. The number of hydrogen-bond donors (Lipinski definition) is 2. The third-order valence-electron chi connectivity index (χ3n) is 2.49. The lowest BCUT2D eigenvalue weighted by atomic mass is 10.2. The van der Waals surface area contributed by atoms with Crippen molar-refractivity contribution < 1.29 is 4.79 Å². The van der Waals surface area contributed by atoms with E-state index in [4.69, 9.17) is 0 Å². The summed E-state index contributed by atoms with van der Waals surface area (Å²) >= 11 is 0. The summed E-state index contributed by atoms with van der Waals surface area (Å²) < 4.78 is 1.86. The molecule has 3 aromatic rings. The Morgan fingerprint density at radius 3 is 3.17 bits per heavy atom. The Morgan fingerprint density at radius 2 is 2.39 bits per heavy atom. The number of nitrogens with one attached hydrogen (secondary N) is 2. The normalized spacial score (nSPS) is 10.7. The first-order valence-corrected chi connectivity index (χ1v) is 5.34. The van der Waals surface area contributed by atoms with Gasteiger partial charge in [0, 0.05) is 18.0 Å². The van der Waals surface area contributed by atoms with Gasteiger partial charge in [-0.1, -0.05) is 0 Å². The third kappa shape index (κ3) is 1.81. The van der Waals surface area contributed by atoms with Crippen molar-refractivity contribution in [2.24, 2.45) is 0 Å². The van der Waals surface area contributed by atoms with Crippen LogP contribution >= 0.6 is 0 Å². The van der Waals surface area contributed by atoms with Crippen LogP contribution < -0.4 is 5.32 Å². The van der Waals surface area contributed by atoms with Crippen molar-refractivity contribution in [3.05, 3.63) is 42.1 Å². The monoisotopic (exact) mass is 242 g/mol. The summed E-state index contributed by atoms with van der Waals surface area (Å²) in [5.41, 5.74) is 2.16. The minimum absolute atomic E-state index is 0.255. The molecule has 0 unspecified atom stereocenters. The van der Waals surface area contributed by atoms with Crippen LogP contribution in [0.15, 0.2) is 30.9 Å². The molecule has 0 radical (unpaired) electrons. The van der Waals surface area contributed by atoms with Crippen LogP contribution in [-0.2, 0) is 0 Å². The molecule has 0 saturated heterocycles. The second kappa shape index (κ2) is 3.95. The van der Waals surface area contributed by atoms with E-state index in [1.54, 1.807) is 18.3 Å². The average molecular weight is 242 g/mol. The zero-order valence-electron chi connectivity index (χ0n) is 9.58. The molecule has 0 atom stereocenters. The molecule has 7 nitrogen and oxygen atoms in total. The molecule has 0 aliphatic heterocycles. The Balaban J connectivity index is 1.91. The number of anilines is 1. The van der Waals surface area contributed by atoms with Gasteiger partial charge in [0.1, 0.15) is 12.0 Å². The fraction of sp³-hybridized carbons (Fsp3) is 0.0909. The Bertz CT molecular complexity index is 699. The number of carbonyl (C=O) groups excluding carboxylic acids is 1. The molecule has 0 aliphatic rings. The SMILES string of the molecule is Cc1cn2ccc(C(=O)Nc3ncn[nH]3)cc2n1. The summed E-state index contributed by atoms with van der Waals surface area (Å²) in [7, 11) is 0. The number of fused-ring (bicyclic) bond motifs is 1. The van der Waals surface area contributed by atoms with E-state index in [-0.39, 0.29) is 5.91 Å². The summed E-state index contributed by atoms with van der Waals surface area (Å²) in [6.45, 7) is 1.90. The van der Waals surface area contributed by atoms with Gasteiger partial charge in [0.05, 0.1) is 5.69 Å². The van der Waals surface area contributed by atoms with Crippen LogP contribution in [0, 0.1) is 6.92 Å². The van der Waals surface area contributed by atoms with Crippen molar-refractivity contribution in [2.45, 2.75) is 6.92 Å². The van der Waals surface area contributed by atoms with Gasteiger partial charge in [-0.05, 0) is 19.1 Å². The molecule has 90 valence electrons. The third-order valence-corrected chi connectivity index (χ3v) is 2.49. The van der Waals surface area contributed by atoms with Gasteiger partial charge in [-0.2, -0.15) is 10.1 Å². The lowest BCUT2D eigenvalue weighted by Crippen LogP contribution is -2.13. The molecule has 3 rings (SSSR count). The van der Waals surface area contributed by atoms with E-state index in [0.717, 1.165) is 11.3 Å². The van der Waals surface area contributed by atoms with Crippen LogP contribution in [0.1, 0.15) is 16.1 Å². The van der Waals surface area contributed by atoms with Gasteiger partial charge < -0.3 is 4.40 Å². The second-order valence-electron chi connectivity index (χ2n) is 3.85. The summed E-state index contributed by atoms with van der Waals surface area (Å²) in [6, 6.07) is 3.44. The Hall–Kier alpha value is -2.70. The highest BCUT2D eigenvalue weighted by molar-refractivity contribution is 6.03. The number of pyridine rings is 1. The van der Waals surface area contributed by atoms with Crippen LogP contribution in [0.5, 0.6) is 0 Å². The molecule has 18 heavy (non-hydrogen) atoms. The fourth-order valence-electron chi connectivity index (χ4n) is 1.70. The summed E-state index contributed by atoms with van der Waals surface area (Å²) in [4.78, 5) is 20.1. The Kier molecular flexibility index (Phi) is 2.30. The van der Waals surface area contributed by atoms with Crippen molar-refractivity contribution in [1.29, 1.82) is 0 Å². The largest absolute Gasteiger partial charge is 0.307 e. The van der Waals surface area contributed by atoms with Gasteiger partial charge in [0.25, 0.3) is 5.91 Å². The number of carbonyl (C=O) groups is 1. The standard InChI is InChI=1S/C11H10N6O/c1-7-5-17-3-2-8(4-9(17)14-7)10(18)15-11-12-6-13-16-11/h2-6H,1H3,(H2,12,13,15,16,18). The van der Waals surface area contributed by atoms with Gasteiger partial charge in [0.15, 0.2) is 0 Å². The van der Waals surface area contributed by atoms with Crippen molar-refractivity contribution in [2.75, 3.05) is 5.32 Å². The fourth-order valence-corrected chi connectivity index (χ4v) is 1.70. The number of hydrogen-bond acceptors (Lipinski definition) is 4. The van der Waals surface area contributed by atoms with Crippen molar-refractivity contribution in [1.82, 2.24) is 24.6 Å². The Labute approximate surface area is 102 Å². The second-order valence-corrected chi connectivity index (χ2v) is 3.85. The number of aromatic nitrogens is 5. The molecule has 0 saturated carbocycles. The number of amides is 1. The van der Waals surface area contributed by atoms with E-state index >= 15 is 0 Å². The van der Waals surface area contributed by atoms with Crippen LogP contribution in [0.4, 0.5) is 5.95 Å². The smallest absolute Gasteiger partial charge is 0.258 e. The maximum atomic E-state index is 11.9. The lowest BCUT2D eigenvalue weighted by molar-refractivity contribution is 0.102. The van der Waals surface area contributed by atoms with E-state index in [1.165, 1.54) is 6.33 Å². The highest BCUT2D eigenvalue weighted by Crippen LogP contribution is 2.09. The number of imidazole rings is 1. The van der Waals surface area contributed by atoms with Crippen molar-refractivity contribution in [3.63, 3.8) is 0 Å². The molecule has 0 bridgehead atoms. The van der Waals surface area contributed by atoms with Gasteiger partial charge in [-0.25, -0.2) is 10.1 Å². The average Bonchev–Trinajstić information content (AvgIpc) is 2.95. The van der Waals surface area contributed by atoms with E-state index in [0.29, 0.717) is 11.5 Å². The molecule has 2 N–H and O–H groups in total. The van der Waals surface area contributed by atoms with E-state index < -0.39 is 0 Å². The highest BCUT2D eigenvalue weighted by atomic mass is 16.1. The molecular formula is C11H10N6O. The molecule has 0 aliphatic carbocycles. The van der Waals surface area contributed by atoms with Crippen molar-refractivity contribution in [3.8, 4) is 0 Å². The first kappa shape index (κ1) is 10.5. The zero-order valence-corrected chi connectivity index (χ0v) is 9.58. The van der Waals surface area contributed by atoms with Gasteiger partial charge >= 0.3 is 0 Å². The number of nitrogens with zero attached hydrogens (tertiary/aromatic N) is 4. The topological polar surface area (TPSA) is 88.0 Å². The van der Waals surface area contributed by atoms with Crippen LogP contribution in [0.3, 0.4) is 0 Å². The lowest BCUT2D eigenvalue weighted by Gasteiger charge is -2.01. The molecule has 3 heterocycles. The number of aromatic amines is 1. The minimum Gasteiger partial charge on any atom is -0.307 e. The first-order valence-electron chi connectivity index (χ1n) is 5.34. The van der Waals surface area contributed by atoms with Crippen LogP contribution in [-0.4, -0.2) is 30.5 Å². The molecule has 1 amide bonds. The number of aryl methyl sites for hydroxylation is 1. The summed E-state index contributed by atoms with van der Waals surface area (Å²) in [6.07, 6.45) is 5.02. The maximum absolute atomic E-state index is 11.9. The van der Waals surface area contributed by atoms with Crippen LogP contribution in [0.2, 0.25) is 0 Å². The van der Waals surface area contributed by atoms with Crippen molar-refractivity contribution >= 4 is 17.5 Å². The molecular weight excluding hydrogens is 232 g/mol. The predicted octanol–water partition coefficient (Wildman–Crippen LogP) is 1.01. The molecule has 3 aromatic heterocycles. The van der Waals surface area contributed by atoms with E-state index in [9.17, 15) is 4.79 Å². The van der Waals surface area contributed by atoms with Crippen LogP contribution in [0.25, 0.3) is 5.65 Å². The highest BCUT2D eigenvalue weighted by Gasteiger charge is 2.09. The first-order chi connectivity index (χ1) is 8.72. The Morgan fingerprint density at radius 1 is 1.50 bits per heavy atom. The molecule has 7 heteroatoms. The van der Waals surface area contributed by atoms with Gasteiger partial charge in [-0.15, -0.1) is 0 Å². The number of rotatable bonds is 2. The molecule has 0 spiro atoms. The minimum atomic E-state index is -0.255. The maximum Gasteiger partial charge on any atom is 0.258 e. The molecule has 0 fully saturated rings. The zero-order chi connectivity index (χ0) is 12.5. The van der Waals surface area contributed by atoms with Gasteiger partial charge in [0.2, 0.25) is 5.95 Å². The van der Waals surface area contributed by atoms with E-state index in [1.807, 2.05) is 17.5 Å². The summed E-state index contributed by atoms with van der Waals surface area (Å²) in [5.74, 6) is 0.0642. The number of H-pyrrole nitrogens is 1. The quantitative estimate of drug-likeness (QED) is 0.702.